The Bertz CT molecular complexity index is 423. The van der Waals surface area contributed by atoms with Crippen LogP contribution in [0.1, 0.15) is 38.8 Å². The molecule has 0 heterocycles. The number of carboxylic acid groups (broad SMARTS) is 1. The summed E-state index contributed by atoms with van der Waals surface area (Å²) >= 11 is 0. The van der Waals surface area contributed by atoms with Gasteiger partial charge in [0, 0.05) is 5.57 Å². The van der Waals surface area contributed by atoms with E-state index >= 15 is 0 Å². The van der Waals surface area contributed by atoms with Crippen LogP contribution in [-0.4, -0.2) is 11.1 Å². The Kier molecular flexibility index (Phi) is 3.53. The molecule has 0 fully saturated rings. The molecule has 0 saturated carbocycles. The lowest BCUT2D eigenvalue weighted by molar-refractivity contribution is -0.132. The van der Waals surface area contributed by atoms with Crippen LogP contribution in [0, 0.1) is 0 Å². The quantitative estimate of drug-likeness (QED) is 0.772. The van der Waals surface area contributed by atoms with Crippen molar-refractivity contribution in [3.05, 3.63) is 41.0 Å². The average molecular weight is 218 g/mol. The molecule has 1 aromatic carbocycles. The zero-order valence-corrected chi connectivity index (χ0v) is 10.2. The first-order chi connectivity index (χ1) is 7.30. The fourth-order valence-corrected chi connectivity index (χ4v) is 1.41. The van der Waals surface area contributed by atoms with Gasteiger partial charge in [-0.3, -0.25) is 0 Å². The molecule has 2 heteroatoms. The number of benzene rings is 1. The Morgan fingerprint density at radius 3 is 2.44 bits per heavy atom. The molecule has 0 aliphatic heterocycles. The molecule has 0 unspecified atom stereocenters. The van der Waals surface area contributed by atoms with Crippen molar-refractivity contribution < 1.29 is 9.90 Å². The Labute approximate surface area is 96.6 Å². The maximum absolute atomic E-state index is 10.7. The van der Waals surface area contributed by atoms with E-state index in [2.05, 4.69) is 26.8 Å². The third-order valence-electron chi connectivity index (χ3n) is 2.47. The number of hydrogen-bond acceptors (Lipinski definition) is 1. The standard InChI is InChI=1S/C14H18O2/c1-10(13(15)16)8-11-6-5-7-12(9-11)14(2,3)4/h5-9H,1-4H3,(H,15,16). The molecular formula is C14H18O2. The van der Waals surface area contributed by atoms with Crippen LogP contribution in [0.2, 0.25) is 0 Å². The fraction of sp³-hybridized carbons (Fsp3) is 0.357. The first kappa shape index (κ1) is 12.5. The van der Waals surface area contributed by atoms with E-state index in [1.807, 2.05) is 18.2 Å². The molecule has 16 heavy (non-hydrogen) atoms. The number of hydrogen-bond donors (Lipinski definition) is 1. The van der Waals surface area contributed by atoms with E-state index in [4.69, 9.17) is 5.11 Å². The van der Waals surface area contributed by atoms with Gasteiger partial charge in [0.2, 0.25) is 0 Å². The summed E-state index contributed by atoms with van der Waals surface area (Å²) in [7, 11) is 0. The largest absolute Gasteiger partial charge is 0.478 e. The highest BCUT2D eigenvalue weighted by Gasteiger charge is 2.13. The van der Waals surface area contributed by atoms with E-state index < -0.39 is 5.97 Å². The minimum absolute atomic E-state index is 0.0843. The van der Waals surface area contributed by atoms with Crippen molar-refractivity contribution in [1.29, 1.82) is 0 Å². The molecule has 0 radical (unpaired) electrons. The lowest BCUT2D eigenvalue weighted by atomic mass is 9.86. The van der Waals surface area contributed by atoms with Gasteiger partial charge in [0.05, 0.1) is 0 Å². The van der Waals surface area contributed by atoms with Crippen molar-refractivity contribution in [2.45, 2.75) is 33.1 Å². The van der Waals surface area contributed by atoms with Gasteiger partial charge < -0.3 is 5.11 Å². The van der Waals surface area contributed by atoms with Gasteiger partial charge in [-0.15, -0.1) is 0 Å². The first-order valence-electron chi connectivity index (χ1n) is 5.33. The van der Waals surface area contributed by atoms with E-state index in [9.17, 15) is 4.79 Å². The molecule has 86 valence electrons. The third-order valence-corrected chi connectivity index (χ3v) is 2.47. The Morgan fingerprint density at radius 1 is 1.31 bits per heavy atom. The average Bonchev–Trinajstić information content (AvgIpc) is 2.16. The second kappa shape index (κ2) is 4.52. The van der Waals surface area contributed by atoms with Gasteiger partial charge in [0.25, 0.3) is 0 Å². The van der Waals surface area contributed by atoms with Crippen LogP contribution in [0.5, 0.6) is 0 Å². The predicted molar refractivity (Wildman–Crippen MR) is 66.4 cm³/mol. The number of rotatable bonds is 2. The van der Waals surface area contributed by atoms with Crippen LogP contribution in [-0.2, 0) is 10.2 Å². The molecule has 0 atom stereocenters. The molecule has 0 spiro atoms. The second-order valence-electron chi connectivity index (χ2n) is 5.01. The van der Waals surface area contributed by atoms with Crippen molar-refractivity contribution in [2.24, 2.45) is 0 Å². The van der Waals surface area contributed by atoms with Crippen LogP contribution in [0.15, 0.2) is 29.8 Å². The van der Waals surface area contributed by atoms with Gasteiger partial charge in [0.1, 0.15) is 0 Å². The third kappa shape index (κ3) is 3.23. The molecule has 1 N–H and O–H groups in total. The summed E-state index contributed by atoms with van der Waals surface area (Å²) in [6, 6.07) is 7.98. The number of carboxylic acids is 1. The van der Waals surface area contributed by atoms with Crippen LogP contribution >= 0.6 is 0 Å². The molecule has 0 aliphatic rings. The second-order valence-corrected chi connectivity index (χ2v) is 5.01. The van der Waals surface area contributed by atoms with Crippen LogP contribution in [0.4, 0.5) is 0 Å². The molecular weight excluding hydrogens is 200 g/mol. The lowest BCUT2D eigenvalue weighted by Gasteiger charge is -2.19. The Morgan fingerprint density at radius 2 is 1.94 bits per heavy atom. The van der Waals surface area contributed by atoms with Gasteiger partial charge in [-0.25, -0.2) is 4.79 Å². The number of carbonyl (C=O) groups is 1. The van der Waals surface area contributed by atoms with Gasteiger partial charge in [-0.2, -0.15) is 0 Å². The predicted octanol–water partition coefficient (Wildman–Crippen LogP) is 3.47. The van der Waals surface area contributed by atoms with Gasteiger partial charge in [-0.05, 0) is 29.5 Å². The summed E-state index contributed by atoms with van der Waals surface area (Å²) in [6.07, 6.45) is 1.69. The highest BCUT2D eigenvalue weighted by Crippen LogP contribution is 2.23. The summed E-state index contributed by atoms with van der Waals surface area (Å²) in [5.74, 6) is -0.874. The maximum atomic E-state index is 10.7. The minimum Gasteiger partial charge on any atom is -0.478 e. The summed E-state index contributed by atoms with van der Waals surface area (Å²) in [5.41, 5.74) is 2.58. The van der Waals surface area contributed by atoms with E-state index in [0.717, 1.165) is 5.56 Å². The molecule has 0 amide bonds. The zero-order valence-electron chi connectivity index (χ0n) is 10.2. The van der Waals surface area contributed by atoms with Gasteiger partial charge in [-0.1, -0.05) is 45.0 Å². The molecule has 0 aromatic heterocycles. The van der Waals surface area contributed by atoms with E-state index in [-0.39, 0.29) is 5.41 Å². The maximum Gasteiger partial charge on any atom is 0.331 e. The SMILES string of the molecule is CC(=Cc1cccc(C(C)(C)C)c1)C(=O)O. The molecule has 2 nitrogen and oxygen atoms in total. The summed E-state index contributed by atoms with van der Waals surface area (Å²) in [6.45, 7) is 8.02. The van der Waals surface area contributed by atoms with Crippen LogP contribution in [0.25, 0.3) is 6.08 Å². The van der Waals surface area contributed by atoms with Gasteiger partial charge >= 0.3 is 5.97 Å². The highest BCUT2D eigenvalue weighted by atomic mass is 16.4. The summed E-state index contributed by atoms with van der Waals surface area (Å²) in [4.78, 5) is 10.7. The molecule has 0 saturated heterocycles. The normalized spacial score (nSPS) is 12.6. The van der Waals surface area contributed by atoms with E-state index in [1.165, 1.54) is 5.56 Å². The molecule has 0 aliphatic carbocycles. The molecule has 1 rings (SSSR count). The first-order valence-corrected chi connectivity index (χ1v) is 5.33. The fourth-order valence-electron chi connectivity index (χ4n) is 1.41. The summed E-state index contributed by atoms with van der Waals surface area (Å²) in [5, 5.41) is 8.80. The Hall–Kier alpha value is -1.57. The van der Waals surface area contributed by atoms with E-state index in [1.54, 1.807) is 13.0 Å². The lowest BCUT2D eigenvalue weighted by Crippen LogP contribution is -2.10. The van der Waals surface area contributed by atoms with Crippen molar-refractivity contribution >= 4 is 12.0 Å². The van der Waals surface area contributed by atoms with Crippen LogP contribution < -0.4 is 0 Å². The minimum atomic E-state index is -0.874. The smallest absolute Gasteiger partial charge is 0.331 e. The van der Waals surface area contributed by atoms with Crippen molar-refractivity contribution in [3.8, 4) is 0 Å². The molecule has 1 aromatic rings. The monoisotopic (exact) mass is 218 g/mol. The highest BCUT2D eigenvalue weighted by molar-refractivity contribution is 5.91. The topological polar surface area (TPSA) is 37.3 Å². The van der Waals surface area contributed by atoms with Crippen molar-refractivity contribution in [1.82, 2.24) is 0 Å². The summed E-state index contributed by atoms with van der Waals surface area (Å²) < 4.78 is 0. The molecule has 0 bridgehead atoms. The number of aliphatic carboxylic acids is 1. The van der Waals surface area contributed by atoms with E-state index in [0.29, 0.717) is 5.57 Å². The van der Waals surface area contributed by atoms with Crippen molar-refractivity contribution in [2.75, 3.05) is 0 Å². The van der Waals surface area contributed by atoms with Crippen LogP contribution in [0.3, 0.4) is 0 Å². The van der Waals surface area contributed by atoms with Crippen molar-refractivity contribution in [3.63, 3.8) is 0 Å². The Balaban J connectivity index is 3.09. The zero-order chi connectivity index (χ0) is 12.3. The van der Waals surface area contributed by atoms with Gasteiger partial charge in [0.15, 0.2) is 0 Å².